The van der Waals surface area contributed by atoms with Gasteiger partial charge >= 0.3 is 0 Å². The number of nitrogens with zero attached hydrogens (tertiary/aromatic N) is 4. The van der Waals surface area contributed by atoms with Gasteiger partial charge in [-0.05, 0) is 26.0 Å². The molecule has 2 aromatic rings. The molecule has 1 atom stereocenters. The lowest BCUT2D eigenvalue weighted by Crippen LogP contribution is -2.49. The molecule has 0 aromatic carbocycles. The van der Waals surface area contributed by atoms with Gasteiger partial charge < -0.3 is 10.2 Å². The van der Waals surface area contributed by atoms with Crippen LogP contribution in [0.25, 0.3) is 11.4 Å². The Morgan fingerprint density at radius 3 is 3.00 bits per heavy atom. The predicted molar refractivity (Wildman–Crippen MR) is 74.0 cm³/mol. The SMILES string of the molecule is Cc1ccc(-c2nc(N3CCN[C@H](C)C3)n[nH]2)cn1. The number of hydrogen-bond donors (Lipinski definition) is 2. The Hall–Kier alpha value is -1.95. The zero-order valence-electron chi connectivity index (χ0n) is 11.2. The summed E-state index contributed by atoms with van der Waals surface area (Å²) in [5, 5.41) is 10.7. The van der Waals surface area contributed by atoms with E-state index in [-0.39, 0.29) is 0 Å². The molecule has 0 aliphatic carbocycles. The molecule has 100 valence electrons. The maximum Gasteiger partial charge on any atom is 0.245 e. The minimum Gasteiger partial charge on any atom is -0.337 e. The number of anilines is 1. The summed E-state index contributed by atoms with van der Waals surface area (Å²) < 4.78 is 0. The number of hydrogen-bond acceptors (Lipinski definition) is 5. The molecule has 0 radical (unpaired) electrons. The average molecular weight is 258 g/mol. The van der Waals surface area contributed by atoms with Gasteiger partial charge in [-0.2, -0.15) is 4.98 Å². The highest BCUT2D eigenvalue weighted by molar-refractivity contribution is 5.55. The third kappa shape index (κ3) is 2.58. The van der Waals surface area contributed by atoms with Gasteiger partial charge in [-0.25, -0.2) is 0 Å². The van der Waals surface area contributed by atoms with E-state index < -0.39 is 0 Å². The smallest absolute Gasteiger partial charge is 0.245 e. The molecule has 3 rings (SSSR count). The van der Waals surface area contributed by atoms with Crippen molar-refractivity contribution in [3.63, 3.8) is 0 Å². The van der Waals surface area contributed by atoms with Crippen LogP contribution in [0.4, 0.5) is 5.95 Å². The molecule has 1 aliphatic heterocycles. The van der Waals surface area contributed by atoms with Crippen LogP contribution >= 0.6 is 0 Å². The van der Waals surface area contributed by atoms with Crippen molar-refractivity contribution in [1.82, 2.24) is 25.5 Å². The first-order chi connectivity index (χ1) is 9.22. The number of H-pyrrole nitrogens is 1. The lowest BCUT2D eigenvalue weighted by atomic mass is 10.2. The number of rotatable bonds is 2. The van der Waals surface area contributed by atoms with E-state index in [1.165, 1.54) is 0 Å². The number of aromatic nitrogens is 4. The highest BCUT2D eigenvalue weighted by Gasteiger charge is 2.19. The van der Waals surface area contributed by atoms with E-state index in [2.05, 4.69) is 37.3 Å². The molecule has 1 saturated heterocycles. The van der Waals surface area contributed by atoms with Gasteiger partial charge in [0.25, 0.3) is 0 Å². The molecule has 0 saturated carbocycles. The second-order valence-electron chi connectivity index (χ2n) is 4.97. The first kappa shape index (κ1) is 12.1. The standard InChI is InChI=1S/C13H18N6/c1-9-3-4-11(7-15-9)12-16-13(18-17-12)19-6-5-14-10(2)8-19/h3-4,7,10,14H,5-6,8H2,1-2H3,(H,16,17,18)/t10-/m1/s1. The van der Waals surface area contributed by atoms with Crippen LogP contribution in [0.3, 0.4) is 0 Å². The van der Waals surface area contributed by atoms with Gasteiger partial charge in [0.05, 0.1) is 0 Å². The van der Waals surface area contributed by atoms with Crippen LogP contribution in [-0.4, -0.2) is 45.8 Å². The summed E-state index contributed by atoms with van der Waals surface area (Å²) >= 11 is 0. The Kier molecular flexibility index (Phi) is 3.16. The number of piperazine rings is 1. The van der Waals surface area contributed by atoms with Crippen LogP contribution < -0.4 is 10.2 Å². The van der Waals surface area contributed by atoms with Crippen molar-refractivity contribution in [1.29, 1.82) is 0 Å². The molecule has 1 fully saturated rings. The Morgan fingerprint density at radius 1 is 1.37 bits per heavy atom. The normalized spacial score (nSPS) is 19.7. The van der Waals surface area contributed by atoms with Crippen molar-refractivity contribution in [3.05, 3.63) is 24.0 Å². The summed E-state index contributed by atoms with van der Waals surface area (Å²) in [5.41, 5.74) is 1.96. The molecule has 0 amide bonds. The summed E-state index contributed by atoms with van der Waals surface area (Å²) in [6, 6.07) is 4.45. The van der Waals surface area contributed by atoms with E-state index in [9.17, 15) is 0 Å². The fourth-order valence-corrected chi connectivity index (χ4v) is 2.25. The van der Waals surface area contributed by atoms with E-state index in [1.54, 1.807) is 0 Å². The summed E-state index contributed by atoms with van der Waals surface area (Å²) in [4.78, 5) is 11.0. The number of nitrogens with one attached hydrogen (secondary N) is 2. The van der Waals surface area contributed by atoms with Gasteiger partial charge in [0.1, 0.15) is 0 Å². The van der Waals surface area contributed by atoms with Gasteiger partial charge in [-0.1, -0.05) is 0 Å². The fourth-order valence-electron chi connectivity index (χ4n) is 2.25. The maximum atomic E-state index is 4.56. The van der Waals surface area contributed by atoms with E-state index in [4.69, 9.17) is 0 Å². The Morgan fingerprint density at radius 2 is 2.26 bits per heavy atom. The van der Waals surface area contributed by atoms with Crippen molar-refractivity contribution < 1.29 is 0 Å². The van der Waals surface area contributed by atoms with Crippen molar-refractivity contribution in [3.8, 4) is 11.4 Å². The van der Waals surface area contributed by atoms with Crippen LogP contribution in [0, 0.1) is 6.92 Å². The summed E-state index contributed by atoms with van der Waals surface area (Å²) in [5.74, 6) is 1.54. The van der Waals surface area contributed by atoms with Crippen molar-refractivity contribution in [2.75, 3.05) is 24.5 Å². The molecule has 1 aliphatic rings. The Labute approximate surface area is 112 Å². The number of pyridine rings is 1. The Bertz CT molecular complexity index is 547. The molecular weight excluding hydrogens is 240 g/mol. The lowest BCUT2D eigenvalue weighted by molar-refractivity contribution is 0.480. The van der Waals surface area contributed by atoms with E-state index in [0.717, 1.165) is 42.7 Å². The summed E-state index contributed by atoms with van der Waals surface area (Å²) in [7, 11) is 0. The minimum atomic E-state index is 0.469. The monoisotopic (exact) mass is 258 g/mol. The second-order valence-corrected chi connectivity index (χ2v) is 4.97. The maximum absolute atomic E-state index is 4.56. The lowest BCUT2D eigenvalue weighted by Gasteiger charge is -2.30. The van der Waals surface area contributed by atoms with Crippen molar-refractivity contribution >= 4 is 5.95 Å². The van der Waals surface area contributed by atoms with Gasteiger partial charge in [0.2, 0.25) is 5.95 Å². The van der Waals surface area contributed by atoms with Crippen LogP contribution in [0.2, 0.25) is 0 Å². The first-order valence-corrected chi connectivity index (χ1v) is 6.56. The Balaban J connectivity index is 1.81. The molecule has 6 nitrogen and oxygen atoms in total. The van der Waals surface area contributed by atoms with Crippen LogP contribution in [0.15, 0.2) is 18.3 Å². The van der Waals surface area contributed by atoms with Gasteiger partial charge in [-0.3, -0.25) is 10.1 Å². The van der Waals surface area contributed by atoms with E-state index >= 15 is 0 Å². The van der Waals surface area contributed by atoms with Gasteiger partial charge in [-0.15, -0.1) is 5.10 Å². The third-order valence-electron chi connectivity index (χ3n) is 3.31. The molecule has 0 unspecified atom stereocenters. The summed E-state index contributed by atoms with van der Waals surface area (Å²) in [6.07, 6.45) is 1.82. The first-order valence-electron chi connectivity index (χ1n) is 6.56. The zero-order chi connectivity index (χ0) is 13.2. The largest absolute Gasteiger partial charge is 0.337 e. The molecule has 19 heavy (non-hydrogen) atoms. The molecule has 0 bridgehead atoms. The number of aromatic amines is 1. The molecule has 2 N–H and O–H groups in total. The average Bonchev–Trinajstić information content (AvgIpc) is 2.89. The second kappa shape index (κ2) is 4.97. The predicted octanol–water partition coefficient (Wildman–Crippen LogP) is 0.973. The number of aryl methyl sites for hydroxylation is 1. The highest BCUT2D eigenvalue weighted by atomic mass is 15.4. The van der Waals surface area contributed by atoms with Crippen molar-refractivity contribution in [2.45, 2.75) is 19.9 Å². The molecular formula is C13H18N6. The van der Waals surface area contributed by atoms with Crippen molar-refractivity contribution in [2.24, 2.45) is 0 Å². The fraction of sp³-hybridized carbons (Fsp3) is 0.462. The van der Waals surface area contributed by atoms with Crippen LogP contribution in [-0.2, 0) is 0 Å². The van der Waals surface area contributed by atoms with Gasteiger partial charge in [0.15, 0.2) is 5.82 Å². The topological polar surface area (TPSA) is 69.7 Å². The van der Waals surface area contributed by atoms with Crippen LogP contribution in [0.1, 0.15) is 12.6 Å². The molecule has 2 aromatic heterocycles. The third-order valence-corrected chi connectivity index (χ3v) is 3.31. The summed E-state index contributed by atoms with van der Waals surface area (Å²) in [6.45, 7) is 6.98. The molecule has 0 spiro atoms. The quantitative estimate of drug-likeness (QED) is 0.840. The zero-order valence-corrected chi connectivity index (χ0v) is 11.2. The van der Waals surface area contributed by atoms with E-state index in [1.807, 2.05) is 25.3 Å². The molecule has 3 heterocycles. The molecule has 6 heteroatoms. The van der Waals surface area contributed by atoms with Crippen LogP contribution in [0.5, 0.6) is 0 Å². The highest BCUT2D eigenvalue weighted by Crippen LogP contribution is 2.17. The van der Waals surface area contributed by atoms with E-state index in [0.29, 0.717) is 6.04 Å². The minimum absolute atomic E-state index is 0.469. The van der Waals surface area contributed by atoms with Gasteiger partial charge in [0, 0.05) is 43.1 Å².